The lowest BCUT2D eigenvalue weighted by molar-refractivity contribution is -0.197. The summed E-state index contributed by atoms with van der Waals surface area (Å²) in [5.74, 6) is -1.16. The Morgan fingerprint density at radius 2 is 1.71 bits per heavy atom. The fourth-order valence-electron chi connectivity index (χ4n) is 14.4. The van der Waals surface area contributed by atoms with E-state index in [4.69, 9.17) is 24.2 Å². The molecule has 4 amide bonds. The highest BCUT2D eigenvalue weighted by atomic mass is 32.1. The number of hydrogen-bond acceptors (Lipinski definition) is 16. The Balaban J connectivity index is 0.841. The molecular formula is C62H85F3N12O8S. The number of benzene rings is 1. The molecule has 20 nitrogen and oxygen atoms in total. The number of methoxy groups -OCH3 is 1. The molecule has 5 saturated heterocycles. The van der Waals surface area contributed by atoms with Crippen LogP contribution in [-0.2, 0) is 57.6 Å². The van der Waals surface area contributed by atoms with Crippen LogP contribution in [-0.4, -0.2) is 240 Å². The summed E-state index contributed by atoms with van der Waals surface area (Å²) in [6, 6.07) is 2.98. The van der Waals surface area contributed by atoms with Crippen molar-refractivity contribution in [3.05, 3.63) is 45.5 Å². The van der Waals surface area contributed by atoms with Crippen LogP contribution in [0.3, 0.4) is 0 Å². The molecule has 7 fully saturated rings. The zero-order chi connectivity index (χ0) is 60.7. The van der Waals surface area contributed by atoms with Gasteiger partial charge in [-0.1, -0.05) is 33.8 Å². The Labute approximate surface area is 505 Å². The van der Waals surface area contributed by atoms with E-state index in [9.17, 15) is 19.2 Å². The van der Waals surface area contributed by atoms with Gasteiger partial charge in [-0.25, -0.2) is 10.4 Å². The van der Waals surface area contributed by atoms with Gasteiger partial charge in [0.1, 0.15) is 30.3 Å². The minimum Gasteiger partial charge on any atom is -0.464 e. The summed E-state index contributed by atoms with van der Waals surface area (Å²) in [5, 5.41) is 7.61. The molecule has 7 aliphatic heterocycles. The largest absolute Gasteiger partial charge is 0.464 e. The van der Waals surface area contributed by atoms with E-state index in [1.165, 1.54) is 33.8 Å². The molecule has 3 aromatic rings. The van der Waals surface area contributed by atoms with Crippen molar-refractivity contribution in [2.24, 2.45) is 22.2 Å². The van der Waals surface area contributed by atoms with Crippen LogP contribution in [0, 0.1) is 17.3 Å². The van der Waals surface area contributed by atoms with Crippen LogP contribution in [0.2, 0.25) is 0 Å². The molecular weight excluding hydrogens is 1130 g/mol. The minimum absolute atomic E-state index is 0.00834. The molecule has 2 saturated carbocycles. The van der Waals surface area contributed by atoms with Crippen molar-refractivity contribution < 1.29 is 51.4 Å². The van der Waals surface area contributed by atoms with Gasteiger partial charge in [0, 0.05) is 131 Å². The fourth-order valence-corrected chi connectivity index (χ4v) is 15.3. The van der Waals surface area contributed by atoms with E-state index in [0.717, 1.165) is 39.0 Å². The first-order valence-corrected chi connectivity index (χ1v) is 32.0. The first kappa shape index (κ1) is 60.9. The molecule has 9 heterocycles. The van der Waals surface area contributed by atoms with Gasteiger partial charge in [0.05, 0.1) is 67.1 Å². The van der Waals surface area contributed by atoms with Gasteiger partial charge in [-0.15, -0.1) is 11.3 Å². The second-order valence-corrected chi connectivity index (χ2v) is 28.1. The summed E-state index contributed by atoms with van der Waals surface area (Å²) in [5.41, 5.74) is 5.67. The Morgan fingerprint density at radius 3 is 2.40 bits per heavy atom. The molecule has 1 unspecified atom stereocenters. The first-order chi connectivity index (χ1) is 41.0. The third kappa shape index (κ3) is 12.6. The van der Waals surface area contributed by atoms with Gasteiger partial charge in [0.25, 0.3) is 5.91 Å². The third-order valence-electron chi connectivity index (χ3n) is 19.3. The van der Waals surface area contributed by atoms with Crippen molar-refractivity contribution in [1.82, 2.24) is 54.7 Å². The maximum atomic E-state index is 15.2. The van der Waals surface area contributed by atoms with Gasteiger partial charge in [-0.2, -0.15) is 13.2 Å². The molecule has 9 aliphatic rings. The van der Waals surface area contributed by atoms with Crippen molar-refractivity contribution in [1.29, 1.82) is 0 Å². The van der Waals surface area contributed by atoms with Crippen LogP contribution in [0.4, 0.5) is 13.2 Å². The molecule has 8 atom stereocenters. The summed E-state index contributed by atoms with van der Waals surface area (Å²) in [7, 11) is 5.03. The Hall–Kier alpha value is -5.34. The number of nitrogens with one attached hydrogen (secondary N) is 2. The predicted molar refractivity (Wildman–Crippen MR) is 319 cm³/mol. The molecule has 2 aliphatic carbocycles. The second kappa shape index (κ2) is 23.9. The molecule has 2 N–H and O–H groups in total. The number of piperazine rings is 1. The van der Waals surface area contributed by atoms with Crippen LogP contribution in [0.5, 0.6) is 0 Å². The Morgan fingerprint density at radius 1 is 0.965 bits per heavy atom. The molecule has 1 spiro atoms. The lowest BCUT2D eigenvalue weighted by Gasteiger charge is -2.55. The van der Waals surface area contributed by atoms with Gasteiger partial charge < -0.3 is 33.9 Å². The summed E-state index contributed by atoms with van der Waals surface area (Å²) < 4.78 is 65.6. The van der Waals surface area contributed by atoms with Gasteiger partial charge in [-0.05, 0) is 87.8 Å². The van der Waals surface area contributed by atoms with Crippen molar-refractivity contribution >= 4 is 63.6 Å². The van der Waals surface area contributed by atoms with Crippen LogP contribution >= 0.6 is 11.3 Å². The predicted octanol–water partition coefficient (Wildman–Crippen LogP) is 4.83. The number of likely N-dealkylation sites (N-methyl/N-ethyl adjacent to an activating group) is 1. The van der Waals surface area contributed by atoms with Gasteiger partial charge in [0.2, 0.25) is 17.7 Å². The van der Waals surface area contributed by atoms with E-state index in [1.54, 1.807) is 38.2 Å². The fraction of sp³-hybridized carbons (Fsp3) is 0.694. The number of ether oxygens (including phenoxy) is 3. The number of alkyl halides is 3. The highest BCUT2D eigenvalue weighted by Crippen LogP contribution is 2.49. The number of carbonyl (C=O) groups excluding carboxylic acids is 5. The van der Waals surface area contributed by atoms with Crippen molar-refractivity contribution in [2.75, 3.05) is 99.9 Å². The number of nitrogens with zero attached hydrogens (tertiary/aromatic N) is 10. The quantitative estimate of drug-likeness (QED) is 0.165. The topological polar surface area (TPSA) is 190 Å². The highest BCUT2D eigenvalue weighted by molar-refractivity contribution is 7.10. The molecule has 12 rings (SSSR count). The van der Waals surface area contributed by atoms with Crippen LogP contribution < -0.4 is 10.7 Å². The van der Waals surface area contributed by atoms with Gasteiger partial charge >= 0.3 is 12.1 Å². The zero-order valence-corrected chi connectivity index (χ0v) is 51.8. The van der Waals surface area contributed by atoms with Gasteiger partial charge in [-0.3, -0.25) is 53.6 Å². The van der Waals surface area contributed by atoms with Crippen LogP contribution in [0.15, 0.2) is 34.3 Å². The van der Waals surface area contributed by atoms with Crippen LogP contribution in [0.25, 0.3) is 27.7 Å². The smallest absolute Gasteiger partial charge is 0.406 e. The summed E-state index contributed by atoms with van der Waals surface area (Å²) in [6.07, 6.45) is 2.88. The van der Waals surface area contributed by atoms with E-state index in [0.29, 0.717) is 114 Å². The highest BCUT2D eigenvalue weighted by Gasteiger charge is 2.63. The van der Waals surface area contributed by atoms with Crippen LogP contribution in [0.1, 0.15) is 95.8 Å². The SMILES string of the molecule is CO[C@@H](C)C1=C(c2c3c4cc(ccc4n2CC(F)(F)F)-c2csc(n2)C[C@H](NC(=O)[C@H](C(C)C)N2CCOC4(CN(C(=O)[C@H]5[C@@H](C6CC6)N5CC(=O)N(C)C)C4)C2)C(=O)N2CCC[C@H](N2)C(=O)OCC(C)(C)C3)C[C@@H](N2CCN(C3CC3)CC2)C=N1. The number of morpholine rings is 1. The average Bonchev–Trinajstić information content (AvgIpc) is 1.71. The number of rotatable bonds is 14. The number of fused-ring (bicyclic) bond motifs is 6. The molecule has 6 bridgehead atoms. The number of cyclic esters (lactones) is 1. The molecule has 468 valence electrons. The normalized spacial score (nSPS) is 28.3. The molecule has 86 heavy (non-hydrogen) atoms. The lowest BCUT2D eigenvalue weighted by atomic mass is 9.83. The summed E-state index contributed by atoms with van der Waals surface area (Å²) in [6.45, 7) is 14.3. The number of hydrazine groups is 1. The maximum Gasteiger partial charge on any atom is 0.406 e. The van der Waals surface area contributed by atoms with E-state index in [2.05, 4.69) is 25.4 Å². The number of carbonyl (C=O) groups is 5. The molecule has 24 heteroatoms. The van der Waals surface area contributed by atoms with E-state index in [-0.39, 0.29) is 74.3 Å². The van der Waals surface area contributed by atoms with Gasteiger partial charge in [0.15, 0.2) is 0 Å². The van der Waals surface area contributed by atoms with E-state index in [1.807, 2.05) is 62.1 Å². The average molecular weight is 1220 g/mol. The zero-order valence-electron chi connectivity index (χ0n) is 51.0. The number of halogens is 3. The summed E-state index contributed by atoms with van der Waals surface area (Å²) in [4.78, 5) is 93.6. The monoisotopic (exact) mass is 1210 g/mol. The maximum absolute atomic E-state index is 15.2. The Bertz CT molecular complexity index is 3160. The number of likely N-dealkylation sites (tertiary alicyclic amines) is 1. The van der Waals surface area contributed by atoms with E-state index >= 15 is 18.0 Å². The van der Waals surface area contributed by atoms with Crippen molar-refractivity contribution in [3.8, 4) is 11.3 Å². The minimum atomic E-state index is -4.60. The first-order valence-electron chi connectivity index (χ1n) is 31.1. The third-order valence-corrected chi connectivity index (χ3v) is 20.2. The number of esters is 1. The lowest BCUT2D eigenvalue weighted by Crippen LogP contribution is -2.73. The molecule has 1 aromatic carbocycles. The number of aliphatic imine (C=N–C) groups is 1. The second-order valence-electron chi connectivity index (χ2n) is 27.1. The van der Waals surface area contributed by atoms with E-state index < -0.39 is 59.8 Å². The number of hydrogen-bond donors (Lipinski definition) is 2. The standard InChI is InChI=1S/C62H85F3N12O8S/c1-36(2)52(73-22-23-85-61(31-73)32-74(33-61)58(81)55-53(38-11-12-38)75(55)29-50(78)70(6)7)56(79)68-46-26-49-67-47(30-86-49)39-13-16-48-42(24-39)44(27-60(4,5)35-84-59(82)45-10-9-17-77(69-45)57(46)80)54(76(48)34-62(63,64)65)43-25-41(28-66-51(43)37(3)83-8)72-20-18-71(19-21-72)40-14-15-40/h13,16,24,28,30,36-38,40-41,45-46,52-53,55,69H,9-12,14-15,17-23,25-27,29,31-35H2,1-8H3,(H,68,79)/t37-,41+,45-,46-,52-,53+,55+,75?/m0/s1. The van der Waals surface area contributed by atoms with Crippen molar-refractivity contribution in [2.45, 2.75) is 159 Å². The summed E-state index contributed by atoms with van der Waals surface area (Å²) >= 11 is 1.33. The molecule has 0 radical (unpaired) electrons. The number of aromatic nitrogens is 2. The number of thiazole rings is 1. The van der Waals surface area contributed by atoms with Crippen molar-refractivity contribution in [3.63, 3.8) is 0 Å². The Kier molecular flexibility index (Phi) is 16.9. The molecule has 2 aromatic heterocycles. The number of amides is 4.